The van der Waals surface area contributed by atoms with Gasteiger partial charge in [0.2, 0.25) is 0 Å². The van der Waals surface area contributed by atoms with Crippen LogP contribution in [0.15, 0.2) is 11.3 Å². The first-order valence-electron chi connectivity index (χ1n) is 8.01. The summed E-state index contributed by atoms with van der Waals surface area (Å²) in [5.74, 6) is 0.946. The minimum Gasteiger partial charge on any atom is -0.325 e. The SMILES string of the molecule is C=NCC1CCC(n2cnc3c2C(=O)CC(C)(C)C3)CC1. The number of carbonyl (C=O) groups is 1. The van der Waals surface area contributed by atoms with Crippen molar-refractivity contribution < 1.29 is 4.79 Å². The number of ketones is 1. The zero-order chi connectivity index (χ0) is 15.0. The van der Waals surface area contributed by atoms with Gasteiger partial charge < -0.3 is 9.56 Å². The van der Waals surface area contributed by atoms with Gasteiger partial charge in [-0.2, -0.15) is 0 Å². The highest BCUT2D eigenvalue weighted by atomic mass is 16.1. The molecule has 1 saturated carbocycles. The van der Waals surface area contributed by atoms with Crippen LogP contribution in [0.2, 0.25) is 0 Å². The highest BCUT2D eigenvalue weighted by Crippen LogP contribution is 2.38. The van der Waals surface area contributed by atoms with Crippen molar-refractivity contribution in [3.05, 3.63) is 17.7 Å². The third-order valence-corrected chi connectivity index (χ3v) is 5.02. The number of carbonyl (C=O) groups excluding carboxylic acids is 1. The van der Waals surface area contributed by atoms with E-state index < -0.39 is 0 Å². The number of imidazole rings is 1. The molecule has 4 heteroatoms. The Morgan fingerprint density at radius 1 is 1.33 bits per heavy atom. The van der Waals surface area contributed by atoms with Gasteiger partial charge in [-0.1, -0.05) is 13.8 Å². The lowest BCUT2D eigenvalue weighted by Gasteiger charge is -2.32. The Morgan fingerprint density at radius 3 is 2.71 bits per heavy atom. The maximum atomic E-state index is 12.5. The van der Waals surface area contributed by atoms with Gasteiger partial charge in [-0.05, 0) is 50.2 Å². The van der Waals surface area contributed by atoms with Crippen LogP contribution in [-0.4, -0.2) is 28.6 Å². The van der Waals surface area contributed by atoms with Crippen molar-refractivity contribution in [2.75, 3.05) is 6.54 Å². The summed E-state index contributed by atoms with van der Waals surface area (Å²) in [6.45, 7) is 8.78. The van der Waals surface area contributed by atoms with Crippen LogP contribution in [-0.2, 0) is 6.42 Å². The first kappa shape index (κ1) is 14.5. The van der Waals surface area contributed by atoms with Gasteiger partial charge in [0.25, 0.3) is 0 Å². The van der Waals surface area contributed by atoms with Crippen LogP contribution in [0.4, 0.5) is 0 Å². The molecule has 4 nitrogen and oxygen atoms in total. The maximum absolute atomic E-state index is 12.5. The standard InChI is InChI=1S/C17H25N3O/c1-17(2)8-14-16(15(21)9-17)20(11-19-14)13-6-4-12(5-7-13)10-18-3/h11-13H,3-10H2,1-2H3. The average molecular weight is 287 g/mol. The number of aliphatic imine (C=N–C) groups is 1. The van der Waals surface area contributed by atoms with Crippen LogP contribution < -0.4 is 0 Å². The van der Waals surface area contributed by atoms with E-state index in [2.05, 4.69) is 35.1 Å². The Kier molecular flexibility index (Phi) is 3.72. The number of Topliss-reactive ketones (excluding diaryl/α,β-unsaturated/α-hetero) is 1. The quantitative estimate of drug-likeness (QED) is 0.799. The highest BCUT2D eigenvalue weighted by molar-refractivity contribution is 5.97. The molecule has 1 fully saturated rings. The van der Waals surface area contributed by atoms with Gasteiger partial charge in [0.15, 0.2) is 5.78 Å². The van der Waals surface area contributed by atoms with E-state index in [-0.39, 0.29) is 11.2 Å². The molecule has 0 atom stereocenters. The van der Waals surface area contributed by atoms with Crippen molar-refractivity contribution in [2.45, 2.75) is 58.4 Å². The molecule has 0 unspecified atom stereocenters. The van der Waals surface area contributed by atoms with Crippen molar-refractivity contribution in [3.63, 3.8) is 0 Å². The van der Waals surface area contributed by atoms with E-state index in [9.17, 15) is 4.79 Å². The number of hydrogen-bond acceptors (Lipinski definition) is 3. The fourth-order valence-electron chi connectivity index (χ4n) is 3.93. The van der Waals surface area contributed by atoms with Gasteiger partial charge in [0.05, 0.1) is 12.0 Å². The van der Waals surface area contributed by atoms with Crippen LogP contribution in [0.3, 0.4) is 0 Å². The first-order valence-corrected chi connectivity index (χ1v) is 8.01. The van der Waals surface area contributed by atoms with E-state index in [0.29, 0.717) is 18.4 Å². The normalized spacial score (nSPS) is 28.2. The molecule has 0 spiro atoms. The molecule has 0 radical (unpaired) electrons. The summed E-state index contributed by atoms with van der Waals surface area (Å²) < 4.78 is 2.17. The molecule has 0 saturated heterocycles. The summed E-state index contributed by atoms with van der Waals surface area (Å²) in [5.41, 5.74) is 1.95. The van der Waals surface area contributed by atoms with Gasteiger partial charge in [-0.25, -0.2) is 4.98 Å². The van der Waals surface area contributed by atoms with Gasteiger partial charge in [0, 0.05) is 19.0 Å². The summed E-state index contributed by atoms with van der Waals surface area (Å²) in [4.78, 5) is 21.1. The lowest BCUT2D eigenvalue weighted by Crippen LogP contribution is -2.30. The van der Waals surface area contributed by atoms with E-state index in [1.54, 1.807) is 0 Å². The number of fused-ring (bicyclic) bond motifs is 1. The monoisotopic (exact) mass is 287 g/mol. The lowest BCUT2D eigenvalue weighted by atomic mass is 9.77. The summed E-state index contributed by atoms with van der Waals surface area (Å²) in [6.07, 6.45) is 8.06. The third-order valence-electron chi connectivity index (χ3n) is 5.02. The molecule has 3 rings (SSSR count). The molecule has 0 amide bonds. The maximum Gasteiger partial charge on any atom is 0.181 e. The summed E-state index contributed by atoms with van der Waals surface area (Å²) in [5, 5.41) is 0. The molecule has 0 aliphatic heterocycles. The molecule has 0 aromatic carbocycles. The Hall–Kier alpha value is -1.45. The van der Waals surface area contributed by atoms with Crippen molar-refractivity contribution >= 4 is 12.5 Å². The summed E-state index contributed by atoms with van der Waals surface area (Å²) >= 11 is 0. The van der Waals surface area contributed by atoms with Gasteiger partial charge in [-0.3, -0.25) is 4.79 Å². The number of aromatic nitrogens is 2. The molecule has 0 bridgehead atoms. The topological polar surface area (TPSA) is 47.2 Å². The highest BCUT2D eigenvalue weighted by Gasteiger charge is 2.36. The fourth-order valence-corrected chi connectivity index (χ4v) is 3.93. The first-order chi connectivity index (χ1) is 10.00. The minimum absolute atomic E-state index is 0.0521. The van der Waals surface area contributed by atoms with E-state index in [1.165, 1.54) is 12.8 Å². The Labute approximate surface area is 126 Å². The Morgan fingerprint density at radius 2 is 2.05 bits per heavy atom. The summed E-state index contributed by atoms with van der Waals surface area (Å²) in [7, 11) is 0. The smallest absolute Gasteiger partial charge is 0.181 e. The largest absolute Gasteiger partial charge is 0.325 e. The predicted molar refractivity (Wildman–Crippen MR) is 84.1 cm³/mol. The van der Waals surface area contributed by atoms with E-state index >= 15 is 0 Å². The van der Waals surface area contributed by atoms with Crippen LogP contribution in [0.1, 0.15) is 68.2 Å². The summed E-state index contributed by atoms with van der Waals surface area (Å²) in [6, 6.07) is 0.437. The van der Waals surface area contributed by atoms with Crippen LogP contribution in [0.25, 0.3) is 0 Å². The second-order valence-electron chi connectivity index (χ2n) is 7.47. The Balaban J connectivity index is 1.78. The predicted octanol–water partition coefficient (Wildman–Crippen LogP) is 3.47. The second-order valence-corrected chi connectivity index (χ2v) is 7.47. The average Bonchev–Trinajstić information content (AvgIpc) is 2.82. The van der Waals surface area contributed by atoms with Crippen molar-refractivity contribution in [2.24, 2.45) is 16.3 Å². The third kappa shape index (κ3) is 2.81. The molecule has 2 aliphatic rings. The molecular weight excluding hydrogens is 262 g/mol. The van der Waals surface area contributed by atoms with Crippen LogP contribution >= 0.6 is 0 Å². The van der Waals surface area contributed by atoms with E-state index in [1.807, 2.05) is 6.33 Å². The Bertz CT molecular complexity index is 550. The molecule has 21 heavy (non-hydrogen) atoms. The molecule has 114 valence electrons. The molecule has 1 heterocycles. The van der Waals surface area contributed by atoms with Crippen molar-refractivity contribution in [1.82, 2.24) is 9.55 Å². The van der Waals surface area contributed by atoms with Crippen molar-refractivity contribution in [3.8, 4) is 0 Å². The van der Waals surface area contributed by atoms with Crippen LogP contribution in [0.5, 0.6) is 0 Å². The van der Waals surface area contributed by atoms with Gasteiger partial charge in [-0.15, -0.1) is 0 Å². The molecule has 2 aliphatic carbocycles. The number of hydrogen-bond donors (Lipinski definition) is 0. The molecular formula is C17H25N3O. The van der Waals surface area contributed by atoms with Crippen molar-refractivity contribution in [1.29, 1.82) is 0 Å². The lowest BCUT2D eigenvalue weighted by molar-refractivity contribution is 0.0895. The fraction of sp³-hybridized carbons (Fsp3) is 0.706. The second kappa shape index (κ2) is 5.39. The molecule has 0 N–H and O–H groups in total. The number of rotatable bonds is 3. The minimum atomic E-state index is 0.0521. The zero-order valence-corrected chi connectivity index (χ0v) is 13.1. The molecule has 1 aromatic rings. The van der Waals surface area contributed by atoms with E-state index in [4.69, 9.17) is 0 Å². The van der Waals surface area contributed by atoms with Crippen LogP contribution in [0, 0.1) is 11.3 Å². The van der Waals surface area contributed by atoms with E-state index in [0.717, 1.165) is 37.2 Å². The number of nitrogens with zero attached hydrogens (tertiary/aromatic N) is 3. The van der Waals surface area contributed by atoms with Gasteiger partial charge >= 0.3 is 0 Å². The van der Waals surface area contributed by atoms with Gasteiger partial charge in [0.1, 0.15) is 5.69 Å². The molecule has 1 aromatic heterocycles. The zero-order valence-electron chi connectivity index (χ0n) is 13.1.